The van der Waals surface area contributed by atoms with E-state index in [2.05, 4.69) is 10.1 Å². The third-order valence-corrected chi connectivity index (χ3v) is 5.04. The van der Waals surface area contributed by atoms with Crippen molar-refractivity contribution in [3.63, 3.8) is 0 Å². The van der Waals surface area contributed by atoms with Crippen molar-refractivity contribution in [2.45, 2.75) is 38.5 Å². The molecule has 1 fully saturated rings. The number of nitrogens with zero attached hydrogens (tertiary/aromatic N) is 3. The van der Waals surface area contributed by atoms with Gasteiger partial charge in [-0.15, -0.1) is 0 Å². The van der Waals surface area contributed by atoms with Crippen LogP contribution in [0.25, 0.3) is 0 Å². The van der Waals surface area contributed by atoms with Crippen LogP contribution in [-0.2, 0) is 18.0 Å². The number of likely N-dealkylation sites (tertiary alicyclic amines) is 1. The van der Waals surface area contributed by atoms with E-state index >= 15 is 0 Å². The Balaban J connectivity index is 1.45. The van der Waals surface area contributed by atoms with E-state index < -0.39 is 23.6 Å². The molecular formula is C22H21F2N3O3. The maximum atomic E-state index is 14.1. The molecule has 1 aliphatic rings. The summed E-state index contributed by atoms with van der Waals surface area (Å²) in [4.78, 5) is 18.8. The number of amides is 1. The maximum Gasteiger partial charge on any atom is 0.257 e. The zero-order valence-electron chi connectivity index (χ0n) is 16.3. The Morgan fingerprint density at radius 3 is 2.80 bits per heavy atom. The number of halogens is 2. The summed E-state index contributed by atoms with van der Waals surface area (Å²) in [6, 6.07) is 12.1. The topological polar surface area (TPSA) is 68.5 Å². The first kappa shape index (κ1) is 20.2. The molecule has 3 aromatic rings. The normalized spacial score (nSPS) is 16.6. The van der Waals surface area contributed by atoms with Gasteiger partial charge in [-0.1, -0.05) is 35.5 Å². The number of benzene rings is 2. The number of piperidine rings is 1. The molecule has 4 rings (SSSR count). The highest BCUT2D eigenvalue weighted by atomic mass is 19.1. The quantitative estimate of drug-likeness (QED) is 0.598. The van der Waals surface area contributed by atoms with Gasteiger partial charge in [0.2, 0.25) is 0 Å². The summed E-state index contributed by atoms with van der Waals surface area (Å²) in [5.41, 5.74) is 0.732. The summed E-state index contributed by atoms with van der Waals surface area (Å²) < 4.78 is 38.5. The molecular weight excluding hydrogens is 392 g/mol. The minimum Gasteiger partial charge on any atom is -0.367 e. The molecule has 1 atom stereocenters. The Morgan fingerprint density at radius 1 is 1.13 bits per heavy atom. The third-order valence-electron chi connectivity index (χ3n) is 5.04. The van der Waals surface area contributed by atoms with Crippen LogP contribution in [-0.4, -0.2) is 27.5 Å². The first-order valence-corrected chi connectivity index (χ1v) is 9.82. The molecule has 0 radical (unpaired) electrons. The van der Waals surface area contributed by atoms with Crippen molar-refractivity contribution in [1.82, 2.24) is 15.0 Å². The molecule has 0 N–H and O–H groups in total. The minimum atomic E-state index is -0.756. The van der Waals surface area contributed by atoms with Crippen molar-refractivity contribution in [2.75, 3.05) is 6.54 Å². The molecule has 6 nitrogen and oxygen atoms in total. The second-order valence-corrected chi connectivity index (χ2v) is 7.16. The van der Waals surface area contributed by atoms with E-state index in [-0.39, 0.29) is 12.2 Å². The Morgan fingerprint density at radius 2 is 1.97 bits per heavy atom. The number of rotatable bonds is 6. The fourth-order valence-electron chi connectivity index (χ4n) is 3.55. The Hall–Kier alpha value is -3.13. The molecule has 1 aromatic heterocycles. The maximum absolute atomic E-state index is 14.1. The van der Waals surface area contributed by atoms with Crippen molar-refractivity contribution in [1.29, 1.82) is 0 Å². The second-order valence-electron chi connectivity index (χ2n) is 7.16. The van der Waals surface area contributed by atoms with Gasteiger partial charge < -0.3 is 14.2 Å². The van der Waals surface area contributed by atoms with Crippen LogP contribution in [0.1, 0.15) is 52.9 Å². The standard InChI is InChI=1S/C22H21F2N3O3/c23-16-9-10-18(24)17(12-16)22(28)27-11-5-4-8-19(27)21-25-20(30-26-21)14-29-13-15-6-2-1-3-7-15/h1-3,6-7,9-10,12,19H,4-5,8,11,13-14H2. The van der Waals surface area contributed by atoms with Gasteiger partial charge in [-0.25, -0.2) is 8.78 Å². The molecule has 0 saturated carbocycles. The van der Waals surface area contributed by atoms with E-state index in [4.69, 9.17) is 9.26 Å². The number of carbonyl (C=O) groups excluding carboxylic acids is 1. The smallest absolute Gasteiger partial charge is 0.257 e. The molecule has 1 amide bonds. The van der Waals surface area contributed by atoms with Crippen LogP contribution in [0.2, 0.25) is 0 Å². The highest BCUT2D eigenvalue weighted by Crippen LogP contribution is 2.31. The monoisotopic (exact) mass is 413 g/mol. The molecule has 30 heavy (non-hydrogen) atoms. The average molecular weight is 413 g/mol. The van der Waals surface area contributed by atoms with Crippen molar-refractivity contribution < 1.29 is 22.8 Å². The van der Waals surface area contributed by atoms with Crippen LogP contribution < -0.4 is 0 Å². The average Bonchev–Trinajstić information content (AvgIpc) is 3.24. The van der Waals surface area contributed by atoms with Gasteiger partial charge in [0, 0.05) is 6.54 Å². The lowest BCUT2D eigenvalue weighted by Gasteiger charge is -2.33. The summed E-state index contributed by atoms with van der Waals surface area (Å²) in [6.45, 7) is 0.959. The number of hydrogen-bond donors (Lipinski definition) is 0. The van der Waals surface area contributed by atoms with E-state index in [1.165, 1.54) is 4.90 Å². The molecule has 1 aliphatic heterocycles. The predicted molar refractivity (Wildman–Crippen MR) is 103 cm³/mol. The summed E-state index contributed by atoms with van der Waals surface area (Å²) in [5.74, 6) is -1.35. The molecule has 1 unspecified atom stereocenters. The minimum absolute atomic E-state index is 0.140. The van der Waals surface area contributed by atoms with Gasteiger partial charge in [0.15, 0.2) is 5.82 Å². The van der Waals surface area contributed by atoms with Gasteiger partial charge in [0.25, 0.3) is 11.8 Å². The van der Waals surface area contributed by atoms with Gasteiger partial charge in [-0.05, 0) is 43.0 Å². The summed E-state index contributed by atoms with van der Waals surface area (Å²) in [5, 5.41) is 4.00. The second kappa shape index (κ2) is 9.13. The summed E-state index contributed by atoms with van der Waals surface area (Å²) in [7, 11) is 0. The van der Waals surface area contributed by atoms with E-state index in [1.54, 1.807) is 0 Å². The number of ether oxygens (including phenoxy) is 1. The molecule has 156 valence electrons. The number of hydrogen-bond acceptors (Lipinski definition) is 5. The van der Waals surface area contributed by atoms with Crippen molar-refractivity contribution in [3.8, 4) is 0 Å². The van der Waals surface area contributed by atoms with Crippen LogP contribution >= 0.6 is 0 Å². The van der Waals surface area contributed by atoms with Crippen LogP contribution in [0, 0.1) is 11.6 Å². The van der Waals surface area contributed by atoms with Crippen LogP contribution in [0.3, 0.4) is 0 Å². The van der Waals surface area contributed by atoms with Crippen molar-refractivity contribution in [2.24, 2.45) is 0 Å². The van der Waals surface area contributed by atoms with Crippen molar-refractivity contribution in [3.05, 3.63) is 83.0 Å². The van der Waals surface area contributed by atoms with E-state index in [0.29, 0.717) is 31.3 Å². The zero-order valence-corrected chi connectivity index (χ0v) is 16.3. The van der Waals surface area contributed by atoms with E-state index in [9.17, 15) is 13.6 Å². The van der Waals surface area contributed by atoms with Gasteiger partial charge in [-0.3, -0.25) is 4.79 Å². The van der Waals surface area contributed by atoms with Gasteiger partial charge >= 0.3 is 0 Å². The summed E-state index contributed by atoms with van der Waals surface area (Å²) in [6.07, 6.45) is 2.26. The number of aromatic nitrogens is 2. The highest BCUT2D eigenvalue weighted by Gasteiger charge is 2.33. The Kier molecular flexibility index (Phi) is 6.13. The fourth-order valence-corrected chi connectivity index (χ4v) is 3.55. The zero-order chi connectivity index (χ0) is 20.9. The van der Waals surface area contributed by atoms with Crippen LogP contribution in [0.5, 0.6) is 0 Å². The molecule has 8 heteroatoms. The molecule has 1 saturated heterocycles. The van der Waals surface area contributed by atoms with Gasteiger partial charge in [-0.2, -0.15) is 4.98 Å². The molecule has 2 heterocycles. The number of carbonyl (C=O) groups is 1. The Labute approximate surface area is 172 Å². The SMILES string of the molecule is O=C(c1cc(F)ccc1F)N1CCCCC1c1noc(COCc2ccccc2)n1. The highest BCUT2D eigenvalue weighted by molar-refractivity contribution is 5.94. The largest absolute Gasteiger partial charge is 0.367 e. The molecule has 0 aliphatic carbocycles. The van der Waals surface area contributed by atoms with Crippen LogP contribution in [0.4, 0.5) is 8.78 Å². The lowest BCUT2D eigenvalue weighted by Crippen LogP contribution is -2.39. The van der Waals surface area contributed by atoms with Gasteiger partial charge in [0.05, 0.1) is 18.2 Å². The first-order chi connectivity index (χ1) is 14.6. The van der Waals surface area contributed by atoms with Gasteiger partial charge in [0.1, 0.15) is 18.2 Å². The lowest BCUT2D eigenvalue weighted by molar-refractivity contribution is 0.0591. The fraction of sp³-hybridized carbons (Fsp3) is 0.318. The van der Waals surface area contributed by atoms with Crippen LogP contribution in [0.15, 0.2) is 53.1 Å². The molecule has 0 spiro atoms. The lowest BCUT2D eigenvalue weighted by atomic mass is 10.00. The first-order valence-electron chi connectivity index (χ1n) is 9.82. The molecule has 0 bridgehead atoms. The van der Waals surface area contributed by atoms with Crippen molar-refractivity contribution >= 4 is 5.91 Å². The Bertz CT molecular complexity index is 1010. The third kappa shape index (κ3) is 4.54. The molecule has 2 aromatic carbocycles. The predicted octanol–water partition coefficient (Wildman–Crippen LogP) is 4.43. The summed E-state index contributed by atoms with van der Waals surface area (Å²) >= 11 is 0. The van der Waals surface area contributed by atoms with E-state index in [1.807, 2.05) is 30.3 Å². The van der Waals surface area contributed by atoms with E-state index in [0.717, 1.165) is 36.6 Å².